The van der Waals surface area contributed by atoms with Crippen LogP contribution >= 0.6 is 0 Å². The van der Waals surface area contributed by atoms with Crippen molar-refractivity contribution >= 4 is 5.91 Å². The van der Waals surface area contributed by atoms with E-state index < -0.39 is 0 Å². The molecule has 1 heterocycles. The Bertz CT molecular complexity index is 292. The summed E-state index contributed by atoms with van der Waals surface area (Å²) in [6.45, 7) is 9.83. The van der Waals surface area contributed by atoms with Crippen molar-refractivity contribution in [3.63, 3.8) is 0 Å². The summed E-state index contributed by atoms with van der Waals surface area (Å²) in [6, 6.07) is 0.268. The van der Waals surface area contributed by atoms with Crippen molar-refractivity contribution in [1.82, 2.24) is 4.90 Å². The van der Waals surface area contributed by atoms with E-state index in [0.29, 0.717) is 18.9 Å². The van der Waals surface area contributed by atoms with E-state index in [1.54, 1.807) is 0 Å². The maximum atomic E-state index is 12.3. The molecule has 3 atom stereocenters. The number of carbonyl (C=O) groups is 1. The summed E-state index contributed by atoms with van der Waals surface area (Å²) in [6.07, 6.45) is 5.06. The highest BCUT2D eigenvalue weighted by Gasteiger charge is 2.28. The number of ether oxygens (including phenoxy) is 1. The first kappa shape index (κ1) is 17.4. The molecule has 0 aromatic rings. The zero-order valence-corrected chi connectivity index (χ0v) is 13.6. The van der Waals surface area contributed by atoms with Gasteiger partial charge in [-0.05, 0) is 45.4 Å². The Morgan fingerprint density at radius 1 is 1.30 bits per heavy atom. The van der Waals surface area contributed by atoms with Gasteiger partial charge >= 0.3 is 0 Å². The summed E-state index contributed by atoms with van der Waals surface area (Å²) in [5, 5.41) is 0. The molecule has 1 aliphatic heterocycles. The molecular formula is C16H32N2O2. The number of amides is 1. The first-order chi connectivity index (χ1) is 9.41. The second-order valence-electron chi connectivity index (χ2n) is 6.57. The van der Waals surface area contributed by atoms with Crippen molar-refractivity contribution in [2.24, 2.45) is 11.7 Å². The number of nitrogens with zero attached hydrogens (tertiary/aromatic N) is 1. The molecule has 0 saturated carbocycles. The van der Waals surface area contributed by atoms with Crippen LogP contribution in [0.15, 0.2) is 0 Å². The Balaban J connectivity index is 2.33. The van der Waals surface area contributed by atoms with Crippen LogP contribution in [0.4, 0.5) is 0 Å². The second kappa shape index (κ2) is 8.63. The van der Waals surface area contributed by atoms with E-state index in [9.17, 15) is 4.79 Å². The lowest BCUT2D eigenvalue weighted by Gasteiger charge is -2.38. The van der Waals surface area contributed by atoms with E-state index in [1.807, 2.05) is 11.8 Å². The lowest BCUT2D eigenvalue weighted by atomic mass is 9.96. The Kier molecular flexibility index (Phi) is 7.52. The Labute approximate surface area is 124 Å². The molecule has 0 spiro atoms. The van der Waals surface area contributed by atoms with Gasteiger partial charge in [0.05, 0.1) is 19.1 Å². The highest BCUT2D eigenvalue weighted by molar-refractivity contribution is 5.76. The highest BCUT2D eigenvalue weighted by Crippen LogP contribution is 2.20. The number of carbonyl (C=O) groups excluding carboxylic acids is 1. The summed E-state index contributed by atoms with van der Waals surface area (Å²) in [4.78, 5) is 14.3. The van der Waals surface area contributed by atoms with E-state index in [2.05, 4.69) is 20.8 Å². The smallest absolute Gasteiger partial charge is 0.225 e. The topological polar surface area (TPSA) is 55.6 Å². The molecule has 3 unspecified atom stereocenters. The third-order valence-electron chi connectivity index (χ3n) is 4.00. The van der Waals surface area contributed by atoms with Crippen LogP contribution in [0.1, 0.15) is 59.8 Å². The van der Waals surface area contributed by atoms with E-state index in [-0.39, 0.29) is 24.1 Å². The van der Waals surface area contributed by atoms with Gasteiger partial charge in [0.1, 0.15) is 0 Å². The molecule has 0 aromatic heterocycles. The highest BCUT2D eigenvalue weighted by atomic mass is 16.5. The fraction of sp³-hybridized carbons (Fsp3) is 0.938. The largest absolute Gasteiger partial charge is 0.378 e. The van der Waals surface area contributed by atoms with Crippen LogP contribution in [0, 0.1) is 5.92 Å². The summed E-state index contributed by atoms with van der Waals surface area (Å²) in [5.74, 6) is 0.828. The minimum absolute atomic E-state index is 0.0556. The number of nitrogens with two attached hydrogens (primary N) is 1. The predicted octanol–water partition coefficient (Wildman–Crippen LogP) is 2.56. The molecule has 0 aromatic carbocycles. The fourth-order valence-corrected chi connectivity index (χ4v) is 3.04. The molecule has 0 bridgehead atoms. The van der Waals surface area contributed by atoms with Gasteiger partial charge in [-0.2, -0.15) is 0 Å². The van der Waals surface area contributed by atoms with Gasteiger partial charge in [0, 0.05) is 18.6 Å². The van der Waals surface area contributed by atoms with Crippen LogP contribution in [-0.2, 0) is 9.53 Å². The standard InChI is InChI=1S/C16H32N2O2/c1-12(2)11-13(3)20-10-8-16(19)18-9-6-5-7-15(18)14(4)17/h12-15H,5-11,17H2,1-4H3. The second-order valence-corrected chi connectivity index (χ2v) is 6.57. The molecule has 2 N–H and O–H groups in total. The van der Waals surface area contributed by atoms with E-state index in [4.69, 9.17) is 10.5 Å². The predicted molar refractivity (Wildman–Crippen MR) is 82.5 cm³/mol. The van der Waals surface area contributed by atoms with E-state index in [1.165, 1.54) is 6.42 Å². The molecule has 1 aliphatic rings. The first-order valence-corrected chi connectivity index (χ1v) is 8.08. The van der Waals surface area contributed by atoms with Gasteiger partial charge in [-0.25, -0.2) is 0 Å². The SMILES string of the molecule is CC(C)CC(C)OCCC(=O)N1CCCCC1C(C)N. The van der Waals surface area contributed by atoms with Crippen molar-refractivity contribution < 1.29 is 9.53 Å². The van der Waals surface area contributed by atoms with E-state index in [0.717, 1.165) is 25.8 Å². The molecule has 20 heavy (non-hydrogen) atoms. The Hall–Kier alpha value is -0.610. The number of rotatable bonds is 7. The van der Waals surface area contributed by atoms with Crippen LogP contribution in [0.25, 0.3) is 0 Å². The van der Waals surface area contributed by atoms with Gasteiger partial charge in [-0.1, -0.05) is 13.8 Å². The zero-order chi connectivity index (χ0) is 15.1. The van der Waals surface area contributed by atoms with Gasteiger partial charge in [0.15, 0.2) is 0 Å². The summed E-state index contributed by atoms with van der Waals surface area (Å²) in [5.41, 5.74) is 6.00. The molecule has 4 heteroatoms. The third-order valence-corrected chi connectivity index (χ3v) is 4.00. The van der Waals surface area contributed by atoms with Crippen LogP contribution in [0.5, 0.6) is 0 Å². The molecule has 0 radical (unpaired) electrons. The monoisotopic (exact) mass is 284 g/mol. The summed E-state index contributed by atoms with van der Waals surface area (Å²) >= 11 is 0. The van der Waals surface area contributed by atoms with Gasteiger partial charge in [0.25, 0.3) is 0 Å². The first-order valence-electron chi connectivity index (χ1n) is 8.08. The molecule has 1 rings (SSSR count). The van der Waals surface area contributed by atoms with Gasteiger partial charge in [-0.15, -0.1) is 0 Å². The molecule has 1 amide bonds. The van der Waals surface area contributed by atoms with Crippen molar-refractivity contribution in [1.29, 1.82) is 0 Å². The van der Waals surface area contributed by atoms with Crippen molar-refractivity contribution in [2.75, 3.05) is 13.2 Å². The minimum Gasteiger partial charge on any atom is -0.378 e. The molecule has 118 valence electrons. The summed E-state index contributed by atoms with van der Waals surface area (Å²) < 4.78 is 5.73. The Morgan fingerprint density at radius 3 is 2.60 bits per heavy atom. The normalized spacial score (nSPS) is 22.9. The lowest BCUT2D eigenvalue weighted by Crippen LogP contribution is -2.51. The maximum Gasteiger partial charge on any atom is 0.225 e. The molecule has 0 aliphatic carbocycles. The van der Waals surface area contributed by atoms with Crippen molar-refractivity contribution in [3.8, 4) is 0 Å². The number of hydrogen-bond acceptors (Lipinski definition) is 3. The quantitative estimate of drug-likeness (QED) is 0.781. The van der Waals surface area contributed by atoms with Crippen LogP contribution in [-0.4, -0.2) is 42.1 Å². The van der Waals surface area contributed by atoms with Crippen LogP contribution in [0.3, 0.4) is 0 Å². The molecular weight excluding hydrogens is 252 g/mol. The number of hydrogen-bond donors (Lipinski definition) is 1. The average molecular weight is 284 g/mol. The van der Waals surface area contributed by atoms with Crippen LogP contribution < -0.4 is 5.73 Å². The number of piperidine rings is 1. The molecule has 1 fully saturated rings. The van der Waals surface area contributed by atoms with Crippen LogP contribution in [0.2, 0.25) is 0 Å². The van der Waals surface area contributed by atoms with Gasteiger partial charge < -0.3 is 15.4 Å². The van der Waals surface area contributed by atoms with Gasteiger partial charge in [0.2, 0.25) is 5.91 Å². The zero-order valence-electron chi connectivity index (χ0n) is 13.6. The lowest BCUT2D eigenvalue weighted by molar-refractivity contribution is -0.136. The average Bonchev–Trinajstić information content (AvgIpc) is 2.37. The fourth-order valence-electron chi connectivity index (χ4n) is 3.04. The Morgan fingerprint density at radius 2 is 2.00 bits per heavy atom. The maximum absolute atomic E-state index is 12.3. The van der Waals surface area contributed by atoms with E-state index >= 15 is 0 Å². The summed E-state index contributed by atoms with van der Waals surface area (Å²) in [7, 11) is 0. The van der Waals surface area contributed by atoms with Crippen molar-refractivity contribution in [2.45, 2.75) is 78.0 Å². The number of likely N-dealkylation sites (tertiary alicyclic amines) is 1. The molecule has 1 saturated heterocycles. The van der Waals surface area contributed by atoms with Gasteiger partial charge in [-0.3, -0.25) is 4.79 Å². The molecule has 4 nitrogen and oxygen atoms in total. The third kappa shape index (κ3) is 5.80. The van der Waals surface area contributed by atoms with Crippen molar-refractivity contribution in [3.05, 3.63) is 0 Å². The minimum atomic E-state index is 0.0556.